The minimum Gasteiger partial charge on any atom is -0.423 e. The zero-order valence-corrected chi connectivity index (χ0v) is 19.4. The second-order valence-corrected chi connectivity index (χ2v) is 9.71. The van der Waals surface area contributed by atoms with Crippen LogP contribution in [0.1, 0.15) is 79.3 Å². The van der Waals surface area contributed by atoms with Crippen LogP contribution in [0.15, 0.2) is 48.5 Å². The normalized spacial score (nSPS) is 18.9. The van der Waals surface area contributed by atoms with Gasteiger partial charge in [-0.2, -0.15) is 0 Å². The molecule has 4 heteroatoms. The molecule has 0 radical (unpaired) electrons. The molecule has 1 aliphatic rings. The third kappa shape index (κ3) is 5.55. The van der Waals surface area contributed by atoms with Gasteiger partial charge in [-0.3, -0.25) is 0 Å². The van der Waals surface area contributed by atoms with Gasteiger partial charge in [0.15, 0.2) is 0 Å². The third-order valence-electron chi connectivity index (χ3n) is 6.11. The molecule has 0 spiro atoms. The quantitative estimate of drug-likeness (QED) is 0.268. The number of aryl methyl sites for hydroxylation is 1. The van der Waals surface area contributed by atoms with E-state index >= 15 is 0 Å². The van der Waals surface area contributed by atoms with Gasteiger partial charge in [0, 0.05) is 9.58 Å². The highest BCUT2D eigenvalue weighted by Crippen LogP contribution is 2.38. The lowest BCUT2D eigenvalue weighted by Gasteiger charge is -2.28. The lowest BCUT2D eigenvalue weighted by atomic mass is 9.94. The van der Waals surface area contributed by atoms with Gasteiger partial charge < -0.3 is 9.47 Å². The molecule has 3 nitrogen and oxygen atoms in total. The Bertz CT molecular complexity index is 997. The first-order valence-electron chi connectivity index (χ1n) is 11.6. The van der Waals surface area contributed by atoms with Gasteiger partial charge in [-0.1, -0.05) is 44.9 Å². The van der Waals surface area contributed by atoms with Crippen molar-refractivity contribution in [2.45, 2.75) is 64.9 Å². The number of unbranched alkanes of at least 4 members (excludes halogenated alkanes) is 1. The molecule has 2 aromatic carbocycles. The van der Waals surface area contributed by atoms with E-state index in [1.807, 2.05) is 42.5 Å². The Labute approximate surface area is 189 Å². The van der Waals surface area contributed by atoms with Gasteiger partial charge in [0.1, 0.15) is 5.75 Å². The van der Waals surface area contributed by atoms with Crippen LogP contribution in [0.5, 0.6) is 5.75 Å². The van der Waals surface area contributed by atoms with Gasteiger partial charge in [0.25, 0.3) is 0 Å². The molecular weight excluding hydrogens is 404 g/mol. The largest absolute Gasteiger partial charge is 0.423 e. The molecule has 2 heterocycles. The molecule has 0 amide bonds. The minimum absolute atomic E-state index is 0.187. The monoisotopic (exact) mass is 436 g/mol. The molecule has 164 valence electrons. The summed E-state index contributed by atoms with van der Waals surface area (Å²) in [5, 5.41) is 1.16. The highest BCUT2D eigenvalue weighted by Gasteiger charge is 2.24. The Kier molecular flexibility index (Phi) is 7.41. The summed E-state index contributed by atoms with van der Waals surface area (Å²) >= 11 is 1.73. The van der Waals surface area contributed by atoms with Crippen LogP contribution in [0.4, 0.5) is 0 Å². The Morgan fingerprint density at radius 2 is 1.90 bits per heavy atom. The van der Waals surface area contributed by atoms with Crippen LogP contribution in [0, 0.1) is 5.92 Å². The van der Waals surface area contributed by atoms with E-state index in [0.29, 0.717) is 17.2 Å². The van der Waals surface area contributed by atoms with Crippen molar-refractivity contribution in [3.8, 4) is 5.75 Å². The zero-order valence-electron chi connectivity index (χ0n) is 18.6. The standard InChI is InChI=1S/C27H32O3S/c1-3-5-7-19-8-13-23(14-9-19)30-27(28)22-12-11-21-16-26(31-25(21)17-22)24-15-10-20(6-4-2)18-29-24/h8-9,11-14,16-17,20,24H,3-7,10,15,18H2,1-2H3. The summed E-state index contributed by atoms with van der Waals surface area (Å²) in [6.45, 7) is 5.29. The van der Waals surface area contributed by atoms with Crippen LogP contribution in [-0.4, -0.2) is 12.6 Å². The van der Waals surface area contributed by atoms with Gasteiger partial charge in [0.05, 0.1) is 18.3 Å². The van der Waals surface area contributed by atoms with Crippen LogP contribution in [0.3, 0.4) is 0 Å². The molecule has 0 saturated carbocycles. The smallest absolute Gasteiger partial charge is 0.343 e. The number of thiophene rings is 1. The summed E-state index contributed by atoms with van der Waals surface area (Å²) in [5.74, 6) is 0.988. The summed E-state index contributed by atoms with van der Waals surface area (Å²) < 4.78 is 12.9. The zero-order chi connectivity index (χ0) is 21.6. The van der Waals surface area contributed by atoms with Crippen LogP contribution < -0.4 is 4.74 Å². The van der Waals surface area contributed by atoms with Crippen LogP contribution in [0.2, 0.25) is 0 Å². The average molecular weight is 437 g/mol. The summed E-state index contributed by atoms with van der Waals surface area (Å²) in [5.41, 5.74) is 1.86. The number of carbonyl (C=O) groups excluding carboxylic acids is 1. The van der Waals surface area contributed by atoms with Crippen molar-refractivity contribution in [2.24, 2.45) is 5.92 Å². The average Bonchev–Trinajstić information content (AvgIpc) is 3.23. The fourth-order valence-electron chi connectivity index (χ4n) is 4.27. The predicted molar refractivity (Wildman–Crippen MR) is 128 cm³/mol. The molecule has 3 aromatic rings. The van der Waals surface area contributed by atoms with Crippen molar-refractivity contribution >= 4 is 27.4 Å². The topological polar surface area (TPSA) is 35.5 Å². The number of rotatable bonds is 8. The summed E-state index contributed by atoms with van der Waals surface area (Å²) in [7, 11) is 0. The highest BCUT2D eigenvalue weighted by molar-refractivity contribution is 7.19. The Balaban J connectivity index is 1.41. The molecule has 31 heavy (non-hydrogen) atoms. The predicted octanol–water partition coefficient (Wildman–Crippen LogP) is 7.73. The number of carbonyl (C=O) groups is 1. The van der Waals surface area contributed by atoms with E-state index in [0.717, 1.165) is 29.5 Å². The maximum atomic E-state index is 12.7. The number of benzene rings is 2. The Hall–Kier alpha value is -2.17. The second-order valence-electron chi connectivity index (χ2n) is 8.59. The molecule has 2 unspecified atom stereocenters. The van der Waals surface area contributed by atoms with Gasteiger partial charge in [0.2, 0.25) is 0 Å². The molecule has 1 aromatic heterocycles. The van der Waals surface area contributed by atoms with E-state index in [1.165, 1.54) is 42.5 Å². The fraction of sp³-hybridized carbons (Fsp3) is 0.444. The van der Waals surface area contributed by atoms with Crippen molar-refractivity contribution in [2.75, 3.05) is 6.61 Å². The van der Waals surface area contributed by atoms with Gasteiger partial charge in [-0.15, -0.1) is 11.3 Å². The van der Waals surface area contributed by atoms with Crippen LogP contribution in [-0.2, 0) is 11.2 Å². The lowest BCUT2D eigenvalue weighted by Crippen LogP contribution is -2.19. The number of fused-ring (bicyclic) bond motifs is 1. The highest BCUT2D eigenvalue weighted by atomic mass is 32.1. The van der Waals surface area contributed by atoms with E-state index in [1.54, 1.807) is 11.3 Å². The summed E-state index contributed by atoms with van der Waals surface area (Å²) in [6.07, 6.45) is 8.40. The van der Waals surface area contributed by atoms with Crippen molar-refractivity contribution in [3.63, 3.8) is 0 Å². The molecule has 2 atom stereocenters. The first-order valence-corrected chi connectivity index (χ1v) is 12.4. The molecule has 1 aliphatic heterocycles. The number of hydrogen-bond acceptors (Lipinski definition) is 4. The summed E-state index contributed by atoms with van der Waals surface area (Å²) in [4.78, 5) is 13.9. The molecule has 4 rings (SSSR count). The maximum Gasteiger partial charge on any atom is 0.343 e. The third-order valence-corrected chi connectivity index (χ3v) is 7.30. The van der Waals surface area contributed by atoms with Crippen molar-refractivity contribution < 1.29 is 14.3 Å². The van der Waals surface area contributed by atoms with Crippen molar-refractivity contribution in [1.29, 1.82) is 0 Å². The Morgan fingerprint density at radius 3 is 2.61 bits per heavy atom. The first-order chi connectivity index (χ1) is 15.2. The number of esters is 1. The molecule has 0 aliphatic carbocycles. The molecular formula is C27H32O3S. The van der Waals surface area contributed by atoms with Crippen molar-refractivity contribution in [3.05, 3.63) is 64.5 Å². The van der Waals surface area contributed by atoms with E-state index in [2.05, 4.69) is 19.9 Å². The number of ether oxygens (including phenoxy) is 2. The van der Waals surface area contributed by atoms with E-state index < -0.39 is 0 Å². The molecule has 0 bridgehead atoms. The van der Waals surface area contributed by atoms with Gasteiger partial charge in [-0.25, -0.2) is 4.79 Å². The van der Waals surface area contributed by atoms with Gasteiger partial charge >= 0.3 is 5.97 Å². The van der Waals surface area contributed by atoms with E-state index in [4.69, 9.17) is 9.47 Å². The lowest BCUT2D eigenvalue weighted by molar-refractivity contribution is -0.0175. The Morgan fingerprint density at radius 1 is 1.06 bits per heavy atom. The second kappa shape index (κ2) is 10.4. The summed E-state index contributed by atoms with van der Waals surface area (Å²) in [6, 6.07) is 15.9. The van der Waals surface area contributed by atoms with Crippen LogP contribution >= 0.6 is 11.3 Å². The SMILES string of the molecule is CCCCc1ccc(OC(=O)c2ccc3cc(C4CCC(CCC)CO4)sc3c2)cc1. The van der Waals surface area contributed by atoms with Crippen LogP contribution in [0.25, 0.3) is 10.1 Å². The van der Waals surface area contributed by atoms with Crippen molar-refractivity contribution in [1.82, 2.24) is 0 Å². The minimum atomic E-state index is -0.311. The molecule has 0 N–H and O–H groups in total. The first kappa shape index (κ1) is 22.0. The maximum absolute atomic E-state index is 12.7. The number of hydrogen-bond donors (Lipinski definition) is 0. The molecule has 1 saturated heterocycles. The van der Waals surface area contributed by atoms with E-state index in [9.17, 15) is 4.79 Å². The fourth-order valence-corrected chi connectivity index (χ4v) is 5.46. The molecule has 1 fully saturated rings. The van der Waals surface area contributed by atoms with E-state index in [-0.39, 0.29) is 12.1 Å². The van der Waals surface area contributed by atoms with Gasteiger partial charge in [-0.05, 0) is 79.3 Å².